The van der Waals surface area contributed by atoms with E-state index in [1.807, 2.05) is 44.2 Å². The molecule has 3 nitrogen and oxygen atoms in total. The molecule has 1 aromatic heterocycles. The maximum Gasteiger partial charge on any atom is 0.261 e. The van der Waals surface area contributed by atoms with Crippen LogP contribution in [0.4, 0.5) is 0 Å². The zero-order valence-corrected chi connectivity index (χ0v) is 13.0. The Bertz CT molecular complexity index is 625. The molecule has 0 unspecified atom stereocenters. The van der Waals surface area contributed by atoms with Gasteiger partial charge in [0.1, 0.15) is 4.99 Å². The highest BCUT2D eigenvalue weighted by atomic mass is 32.1. The molecule has 0 saturated heterocycles. The van der Waals surface area contributed by atoms with E-state index >= 15 is 0 Å². The average molecular weight is 304 g/mol. The van der Waals surface area contributed by atoms with Crippen LogP contribution in [0.3, 0.4) is 0 Å². The summed E-state index contributed by atoms with van der Waals surface area (Å²) in [5.74, 6) is -0.0374. The summed E-state index contributed by atoms with van der Waals surface area (Å²) in [5, 5.41) is 2.91. The van der Waals surface area contributed by atoms with Crippen LogP contribution in [0.25, 0.3) is 0 Å². The largest absolute Gasteiger partial charge is 0.389 e. The van der Waals surface area contributed by atoms with Crippen molar-refractivity contribution in [2.45, 2.75) is 20.4 Å². The van der Waals surface area contributed by atoms with Crippen LogP contribution >= 0.6 is 23.6 Å². The number of carbonyl (C=O) groups excluding carboxylic acids is 1. The Balaban J connectivity index is 1.98. The van der Waals surface area contributed by atoms with Crippen molar-refractivity contribution in [3.05, 3.63) is 56.8 Å². The average Bonchev–Trinajstić information content (AvgIpc) is 2.76. The first kappa shape index (κ1) is 14.7. The van der Waals surface area contributed by atoms with E-state index in [1.54, 1.807) is 0 Å². The number of aryl methyl sites for hydroxylation is 2. The summed E-state index contributed by atoms with van der Waals surface area (Å²) in [6, 6.07) is 9.48. The number of thiophene rings is 1. The number of nitrogens with two attached hydrogens (primary N) is 1. The minimum Gasteiger partial charge on any atom is -0.389 e. The van der Waals surface area contributed by atoms with Gasteiger partial charge in [-0.2, -0.15) is 0 Å². The number of rotatable bonds is 4. The van der Waals surface area contributed by atoms with Crippen LogP contribution < -0.4 is 11.1 Å². The second-order valence-electron chi connectivity index (χ2n) is 4.59. The predicted molar refractivity (Wildman–Crippen MR) is 87.3 cm³/mol. The fraction of sp³-hybridized carbons (Fsp3) is 0.200. The van der Waals surface area contributed by atoms with Crippen LogP contribution in [0.2, 0.25) is 0 Å². The fourth-order valence-electron chi connectivity index (χ4n) is 1.74. The Morgan fingerprint density at radius 3 is 2.45 bits per heavy atom. The minimum absolute atomic E-state index is 0.0374. The fourth-order valence-corrected chi connectivity index (χ4v) is 2.83. The van der Waals surface area contributed by atoms with Crippen molar-refractivity contribution in [1.29, 1.82) is 0 Å². The van der Waals surface area contributed by atoms with Crippen molar-refractivity contribution in [3.8, 4) is 0 Å². The predicted octanol–water partition coefficient (Wildman–Crippen LogP) is 2.93. The quantitative estimate of drug-likeness (QED) is 0.854. The molecule has 0 saturated carbocycles. The summed E-state index contributed by atoms with van der Waals surface area (Å²) in [7, 11) is 0. The van der Waals surface area contributed by atoms with Crippen LogP contribution in [0.1, 0.15) is 31.2 Å². The highest BCUT2D eigenvalue weighted by Gasteiger charge is 2.10. The van der Waals surface area contributed by atoms with E-state index in [-0.39, 0.29) is 5.91 Å². The zero-order chi connectivity index (χ0) is 14.7. The van der Waals surface area contributed by atoms with Crippen LogP contribution in [-0.2, 0) is 6.54 Å². The molecule has 2 rings (SSSR count). The molecule has 0 spiro atoms. The van der Waals surface area contributed by atoms with Gasteiger partial charge >= 0.3 is 0 Å². The van der Waals surface area contributed by atoms with Crippen molar-refractivity contribution < 1.29 is 4.79 Å². The molecule has 0 radical (unpaired) electrons. The van der Waals surface area contributed by atoms with Crippen LogP contribution in [0.15, 0.2) is 30.3 Å². The van der Waals surface area contributed by atoms with Crippen molar-refractivity contribution in [3.63, 3.8) is 0 Å². The molecule has 1 heterocycles. The number of carbonyl (C=O) groups is 1. The Morgan fingerprint density at radius 2 is 1.95 bits per heavy atom. The number of amides is 1. The van der Waals surface area contributed by atoms with E-state index in [2.05, 4.69) is 5.32 Å². The molecule has 0 fully saturated rings. The second kappa shape index (κ2) is 6.15. The van der Waals surface area contributed by atoms with Gasteiger partial charge in [-0.05, 0) is 31.0 Å². The van der Waals surface area contributed by atoms with Crippen molar-refractivity contribution in [1.82, 2.24) is 5.32 Å². The maximum absolute atomic E-state index is 12.0. The molecule has 0 aliphatic carbocycles. The molecule has 20 heavy (non-hydrogen) atoms. The van der Waals surface area contributed by atoms with E-state index in [4.69, 9.17) is 18.0 Å². The van der Waals surface area contributed by atoms with Crippen LogP contribution in [0, 0.1) is 13.8 Å². The molecule has 0 atom stereocenters. The van der Waals surface area contributed by atoms with Gasteiger partial charge in [-0.3, -0.25) is 4.79 Å². The number of thiocarbonyl (C=S) groups is 1. The van der Waals surface area contributed by atoms with Gasteiger partial charge < -0.3 is 11.1 Å². The molecule has 0 bridgehead atoms. The molecule has 1 aromatic carbocycles. The summed E-state index contributed by atoms with van der Waals surface area (Å²) in [6.45, 7) is 4.52. The third-order valence-corrected chi connectivity index (χ3v) is 4.47. The summed E-state index contributed by atoms with van der Waals surface area (Å²) in [4.78, 5) is 14.3. The molecular formula is C15H16N2OS2. The number of hydrogen-bond acceptors (Lipinski definition) is 3. The first-order chi connectivity index (χ1) is 9.47. The summed E-state index contributed by atoms with van der Waals surface area (Å²) in [6.07, 6.45) is 0. The van der Waals surface area contributed by atoms with E-state index in [1.165, 1.54) is 16.2 Å². The number of benzene rings is 1. The maximum atomic E-state index is 12.0. The normalized spacial score (nSPS) is 10.3. The van der Waals surface area contributed by atoms with Gasteiger partial charge in [-0.1, -0.05) is 36.5 Å². The monoisotopic (exact) mass is 304 g/mol. The van der Waals surface area contributed by atoms with Crippen LogP contribution in [0.5, 0.6) is 0 Å². The van der Waals surface area contributed by atoms with Crippen molar-refractivity contribution in [2.24, 2.45) is 5.73 Å². The lowest BCUT2D eigenvalue weighted by atomic mass is 10.1. The highest BCUT2D eigenvalue weighted by Crippen LogP contribution is 2.20. The van der Waals surface area contributed by atoms with E-state index in [9.17, 15) is 4.79 Å². The third-order valence-electron chi connectivity index (χ3n) is 3.08. The molecular weight excluding hydrogens is 288 g/mol. The summed E-state index contributed by atoms with van der Waals surface area (Å²) < 4.78 is 0. The van der Waals surface area contributed by atoms with E-state index in [0.29, 0.717) is 11.5 Å². The first-order valence-corrected chi connectivity index (χ1v) is 7.44. The zero-order valence-electron chi connectivity index (χ0n) is 11.4. The lowest BCUT2D eigenvalue weighted by molar-refractivity contribution is 0.0955. The second-order valence-corrected chi connectivity index (χ2v) is 6.29. The van der Waals surface area contributed by atoms with Gasteiger partial charge in [0, 0.05) is 17.0 Å². The van der Waals surface area contributed by atoms with Gasteiger partial charge in [0.15, 0.2) is 0 Å². The van der Waals surface area contributed by atoms with Gasteiger partial charge in [0.2, 0.25) is 0 Å². The summed E-state index contributed by atoms with van der Waals surface area (Å²) >= 11 is 6.42. The molecule has 1 amide bonds. The van der Waals surface area contributed by atoms with Gasteiger partial charge in [0.05, 0.1) is 4.88 Å². The van der Waals surface area contributed by atoms with Crippen molar-refractivity contribution in [2.75, 3.05) is 0 Å². The molecule has 2 aromatic rings. The molecule has 5 heteroatoms. The Labute approximate surface area is 127 Å². The highest BCUT2D eigenvalue weighted by molar-refractivity contribution is 7.80. The van der Waals surface area contributed by atoms with Gasteiger partial charge in [-0.25, -0.2) is 0 Å². The Morgan fingerprint density at radius 1 is 1.30 bits per heavy atom. The lowest BCUT2D eigenvalue weighted by Gasteiger charge is -2.05. The third kappa shape index (κ3) is 3.43. The topological polar surface area (TPSA) is 55.1 Å². The molecule has 0 aliphatic heterocycles. The SMILES string of the molecule is Cc1cc(C(=O)NCc2ccc(C(N)=S)cc2)sc1C. The molecule has 104 valence electrons. The summed E-state index contributed by atoms with van der Waals surface area (Å²) in [5.41, 5.74) is 8.55. The molecule has 0 aliphatic rings. The van der Waals surface area contributed by atoms with Gasteiger partial charge in [-0.15, -0.1) is 11.3 Å². The molecule has 3 N–H and O–H groups in total. The number of hydrogen-bond donors (Lipinski definition) is 2. The lowest BCUT2D eigenvalue weighted by Crippen LogP contribution is -2.21. The Kier molecular flexibility index (Phi) is 4.52. The smallest absolute Gasteiger partial charge is 0.261 e. The van der Waals surface area contributed by atoms with E-state index in [0.717, 1.165) is 21.6 Å². The van der Waals surface area contributed by atoms with Crippen LogP contribution in [-0.4, -0.2) is 10.9 Å². The minimum atomic E-state index is -0.0374. The Hall–Kier alpha value is -1.72. The van der Waals surface area contributed by atoms with E-state index < -0.39 is 0 Å². The number of nitrogens with one attached hydrogen (secondary N) is 1. The standard InChI is InChI=1S/C15H16N2OS2/c1-9-7-13(20-10(9)2)15(18)17-8-11-3-5-12(6-4-11)14(16)19/h3-7H,8H2,1-2H3,(H2,16,19)(H,17,18). The van der Waals surface area contributed by atoms with Crippen molar-refractivity contribution >= 4 is 34.5 Å². The first-order valence-electron chi connectivity index (χ1n) is 6.21. The van der Waals surface area contributed by atoms with Gasteiger partial charge in [0.25, 0.3) is 5.91 Å².